The second-order valence-corrected chi connectivity index (χ2v) is 4.64. The molecule has 3 nitrogen and oxygen atoms in total. The van der Waals surface area contributed by atoms with Crippen molar-refractivity contribution in [3.63, 3.8) is 0 Å². The van der Waals surface area contributed by atoms with Crippen molar-refractivity contribution in [1.82, 2.24) is 4.98 Å². The molecule has 0 fully saturated rings. The molecule has 0 aliphatic carbocycles. The zero-order valence-corrected chi connectivity index (χ0v) is 9.55. The Morgan fingerprint density at radius 1 is 1.71 bits per heavy atom. The fraction of sp³-hybridized carbons (Fsp3) is 0.700. The maximum atomic E-state index is 9.07. The summed E-state index contributed by atoms with van der Waals surface area (Å²) in [6.07, 6.45) is 3.36. The summed E-state index contributed by atoms with van der Waals surface area (Å²) < 4.78 is 0. The van der Waals surface area contributed by atoms with Crippen molar-refractivity contribution in [2.45, 2.75) is 38.1 Å². The first-order chi connectivity index (χ1) is 6.65. The van der Waals surface area contributed by atoms with Crippen LogP contribution in [-0.2, 0) is 5.41 Å². The second-order valence-electron chi connectivity index (χ2n) is 3.74. The van der Waals surface area contributed by atoms with E-state index in [-0.39, 0.29) is 18.1 Å². The summed E-state index contributed by atoms with van der Waals surface area (Å²) >= 11 is 1.61. The van der Waals surface area contributed by atoms with Crippen LogP contribution in [0.4, 0.5) is 0 Å². The number of nitrogens with two attached hydrogens (primary N) is 1. The van der Waals surface area contributed by atoms with Gasteiger partial charge in [-0.3, -0.25) is 0 Å². The molecule has 1 aromatic heterocycles. The van der Waals surface area contributed by atoms with Crippen LogP contribution in [0.1, 0.15) is 31.7 Å². The number of rotatable bonds is 5. The third-order valence-corrected chi connectivity index (χ3v) is 3.86. The number of thiazole rings is 1. The van der Waals surface area contributed by atoms with Crippen molar-refractivity contribution >= 4 is 11.3 Å². The van der Waals surface area contributed by atoms with E-state index in [1.807, 2.05) is 5.38 Å². The van der Waals surface area contributed by atoms with Crippen LogP contribution in [0.5, 0.6) is 0 Å². The van der Waals surface area contributed by atoms with Crippen LogP contribution in [-0.4, -0.2) is 22.7 Å². The number of aromatic nitrogens is 1. The van der Waals surface area contributed by atoms with Gasteiger partial charge < -0.3 is 10.8 Å². The topological polar surface area (TPSA) is 59.1 Å². The van der Waals surface area contributed by atoms with E-state index in [4.69, 9.17) is 10.8 Å². The first-order valence-corrected chi connectivity index (χ1v) is 5.79. The highest BCUT2D eigenvalue weighted by molar-refractivity contribution is 7.09. The predicted octanol–water partition coefficient (Wildman–Crippen LogP) is 1.52. The maximum Gasteiger partial charge on any atom is 0.1000 e. The molecule has 2 atom stereocenters. The smallest absolute Gasteiger partial charge is 0.1000 e. The molecule has 1 rings (SSSR count). The lowest BCUT2D eigenvalue weighted by atomic mass is 9.79. The lowest BCUT2D eigenvalue weighted by molar-refractivity contribution is 0.223. The molecule has 0 radical (unpaired) electrons. The van der Waals surface area contributed by atoms with E-state index in [0.717, 1.165) is 11.4 Å². The van der Waals surface area contributed by atoms with Gasteiger partial charge in [-0.15, -0.1) is 11.3 Å². The van der Waals surface area contributed by atoms with Crippen LogP contribution >= 0.6 is 11.3 Å². The molecule has 0 saturated heterocycles. The van der Waals surface area contributed by atoms with Crippen LogP contribution in [0, 0.1) is 0 Å². The summed E-state index contributed by atoms with van der Waals surface area (Å²) in [5.41, 5.74) is 5.90. The van der Waals surface area contributed by atoms with Gasteiger partial charge in [0.15, 0.2) is 0 Å². The van der Waals surface area contributed by atoms with Crippen LogP contribution in [0.3, 0.4) is 0 Å². The van der Waals surface area contributed by atoms with Crippen molar-refractivity contribution in [2.24, 2.45) is 5.73 Å². The van der Waals surface area contributed by atoms with E-state index >= 15 is 0 Å². The van der Waals surface area contributed by atoms with Crippen LogP contribution in [0.2, 0.25) is 0 Å². The number of hydrogen-bond donors (Lipinski definition) is 2. The molecule has 1 aromatic rings. The first kappa shape index (κ1) is 11.6. The highest BCUT2D eigenvalue weighted by Crippen LogP contribution is 2.32. The molecular weight excluding hydrogens is 196 g/mol. The lowest BCUT2D eigenvalue weighted by Crippen LogP contribution is -2.43. The number of nitrogens with zero attached hydrogens (tertiary/aromatic N) is 1. The van der Waals surface area contributed by atoms with Gasteiger partial charge in [-0.05, 0) is 12.8 Å². The largest absolute Gasteiger partial charge is 0.396 e. The fourth-order valence-electron chi connectivity index (χ4n) is 1.64. The Bertz CT molecular complexity index is 263. The van der Waals surface area contributed by atoms with Crippen LogP contribution < -0.4 is 5.73 Å². The molecule has 2 unspecified atom stereocenters. The standard InChI is InChI=1S/C10H18N2OS/c1-3-8(11)10(2,4-6-13)9-12-5-7-14-9/h5,7-8,13H,3-4,6,11H2,1-2H3. The van der Waals surface area contributed by atoms with Gasteiger partial charge in [0.05, 0.1) is 5.01 Å². The Morgan fingerprint density at radius 3 is 2.86 bits per heavy atom. The Kier molecular flexibility index (Phi) is 4.04. The molecule has 0 aliphatic rings. The first-order valence-electron chi connectivity index (χ1n) is 4.91. The Hall–Kier alpha value is -0.450. The van der Waals surface area contributed by atoms with E-state index in [0.29, 0.717) is 6.42 Å². The van der Waals surface area contributed by atoms with E-state index in [1.54, 1.807) is 17.5 Å². The van der Waals surface area contributed by atoms with Crippen molar-refractivity contribution in [3.05, 3.63) is 16.6 Å². The fourth-order valence-corrected chi connectivity index (χ4v) is 2.53. The maximum absolute atomic E-state index is 9.07. The lowest BCUT2D eigenvalue weighted by Gasteiger charge is -2.32. The zero-order chi connectivity index (χ0) is 10.6. The summed E-state index contributed by atoms with van der Waals surface area (Å²) in [6.45, 7) is 4.30. The van der Waals surface area contributed by atoms with Crippen LogP contribution in [0.25, 0.3) is 0 Å². The van der Waals surface area contributed by atoms with Gasteiger partial charge in [0, 0.05) is 29.6 Å². The van der Waals surface area contributed by atoms with Gasteiger partial charge in [0.1, 0.15) is 0 Å². The van der Waals surface area contributed by atoms with E-state index in [1.165, 1.54) is 0 Å². The molecule has 1 heterocycles. The summed E-state index contributed by atoms with van der Waals surface area (Å²) in [5, 5.41) is 12.0. The highest BCUT2D eigenvalue weighted by Gasteiger charge is 2.34. The average molecular weight is 214 g/mol. The Labute approximate surface area is 89.0 Å². The quantitative estimate of drug-likeness (QED) is 0.781. The number of aliphatic hydroxyl groups is 1. The second kappa shape index (κ2) is 4.87. The Morgan fingerprint density at radius 2 is 2.43 bits per heavy atom. The van der Waals surface area contributed by atoms with E-state index in [9.17, 15) is 0 Å². The van der Waals surface area contributed by atoms with Gasteiger partial charge in [0.2, 0.25) is 0 Å². The molecule has 0 aliphatic heterocycles. The third kappa shape index (κ3) is 2.13. The van der Waals surface area contributed by atoms with Crippen molar-refractivity contribution in [1.29, 1.82) is 0 Å². The Balaban J connectivity index is 2.92. The third-order valence-electron chi connectivity index (χ3n) is 2.81. The van der Waals surface area contributed by atoms with Crippen LogP contribution in [0.15, 0.2) is 11.6 Å². The van der Waals surface area contributed by atoms with Gasteiger partial charge in [-0.2, -0.15) is 0 Å². The zero-order valence-electron chi connectivity index (χ0n) is 8.73. The molecule has 3 N–H and O–H groups in total. The normalized spacial score (nSPS) is 17.7. The highest BCUT2D eigenvalue weighted by atomic mass is 32.1. The van der Waals surface area contributed by atoms with E-state index in [2.05, 4.69) is 18.8 Å². The molecular formula is C10H18N2OS. The van der Waals surface area contributed by atoms with Gasteiger partial charge in [-0.1, -0.05) is 13.8 Å². The number of aliphatic hydroxyl groups excluding tert-OH is 1. The predicted molar refractivity (Wildman–Crippen MR) is 59.4 cm³/mol. The monoisotopic (exact) mass is 214 g/mol. The summed E-state index contributed by atoms with van der Waals surface area (Å²) in [7, 11) is 0. The molecule has 0 bridgehead atoms. The van der Waals surface area contributed by atoms with Crippen molar-refractivity contribution < 1.29 is 5.11 Å². The molecule has 0 amide bonds. The minimum Gasteiger partial charge on any atom is -0.396 e. The van der Waals surface area contributed by atoms with Gasteiger partial charge in [-0.25, -0.2) is 4.98 Å². The summed E-state index contributed by atoms with van der Waals surface area (Å²) in [4.78, 5) is 4.30. The van der Waals surface area contributed by atoms with Crippen molar-refractivity contribution in [3.8, 4) is 0 Å². The molecule has 80 valence electrons. The SMILES string of the molecule is CCC(N)C(C)(CCO)c1nccs1. The molecule has 4 heteroatoms. The van der Waals surface area contributed by atoms with Gasteiger partial charge in [0.25, 0.3) is 0 Å². The summed E-state index contributed by atoms with van der Waals surface area (Å²) in [5.74, 6) is 0. The minimum atomic E-state index is -0.183. The number of hydrogen-bond acceptors (Lipinski definition) is 4. The van der Waals surface area contributed by atoms with E-state index < -0.39 is 0 Å². The summed E-state index contributed by atoms with van der Waals surface area (Å²) in [6, 6.07) is 0.0563. The molecule has 0 aromatic carbocycles. The average Bonchev–Trinajstić information content (AvgIpc) is 2.70. The van der Waals surface area contributed by atoms with Crippen molar-refractivity contribution in [2.75, 3.05) is 6.61 Å². The molecule has 14 heavy (non-hydrogen) atoms. The minimum absolute atomic E-state index is 0.0563. The molecule has 0 spiro atoms. The molecule has 0 saturated carbocycles. The van der Waals surface area contributed by atoms with Gasteiger partial charge >= 0.3 is 0 Å².